The Balaban J connectivity index is 1.48. The number of nitrogens with zero attached hydrogens (tertiary/aromatic N) is 2. The van der Waals surface area contributed by atoms with E-state index in [1.54, 1.807) is 12.1 Å². The fourth-order valence-corrected chi connectivity index (χ4v) is 2.64. The van der Waals surface area contributed by atoms with Crippen molar-refractivity contribution in [3.63, 3.8) is 0 Å². The number of rotatable bonds is 7. The first kappa shape index (κ1) is 16.7. The minimum absolute atomic E-state index is 0.00943. The van der Waals surface area contributed by atoms with E-state index in [0.29, 0.717) is 35.9 Å². The van der Waals surface area contributed by atoms with Crippen LogP contribution in [0.4, 0.5) is 11.8 Å². The Morgan fingerprint density at radius 1 is 1.12 bits per heavy atom. The molecule has 0 bridgehead atoms. The molecule has 0 radical (unpaired) electrons. The van der Waals surface area contributed by atoms with E-state index in [9.17, 15) is 9.59 Å². The second kappa shape index (κ2) is 7.16. The van der Waals surface area contributed by atoms with Crippen LogP contribution in [0.5, 0.6) is 0 Å². The molecule has 0 aliphatic heterocycles. The van der Waals surface area contributed by atoms with E-state index >= 15 is 0 Å². The number of hydrogen-bond donors (Lipinski definition) is 3. The van der Waals surface area contributed by atoms with Gasteiger partial charge in [-0.2, -0.15) is 4.98 Å². The van der Waals surface area contributed by atoms with Gasteiger partial charge in [-0.1, -0.05) is 18.6 Å². The monoisotopic (exact) mass is 341 g/mol. The number of nitrogens with one attached hydrogen (secondary N) is 1. The minimum Gasteiger partial charge on any atom is -0.434 e. The van der Waals surface area contributed by atoms with Crippen molar-refractivity contribution >= 4 is 28.6 Å². The average Bonchev–Trinajstić information content (AvgIpc) is 3.00. The Labute approximate surface area is 143 Å². The maximum Gasteiger partial charge on any atom is 0.264 e. The molecular weight excluding hydrogens is 322 g/mol. The summed E-state index contributed by atoms with van der Waals surface area (Å²) in [5.41, 5.74) is 12.5. The molecule has 25 heavy (non-hydrogen) atoms. The van der Waals surface area contributed by atoms with Gasteiger partial charge >= 0.3 is 0 Å². The van der Waals surface area contributed by atoms with E-state index in [2.05, 4.69) is 15.0 Å². The number of Topliss-reactive ketones (excluding diaryl/α,β-unsaturated/α-hetero) is 1. The lowest BCUT2D eigenvalue weighted by Gasteiger charge is -2.04. The van der Waals surface area contributed by atoms with Gasteiger partial charge in [0.2, 0.25) is 11.7 Å². The normalized spacial score (nSPS) is 11.0. The summed E-state index contributed by atoms with van der Waals surface area (Å²) in [6.45, 7) is 0. The van der Waals surface area contributed by atoms with Crippen LogP contribution >= 0.6 is 0 Å². The Hall–Kier alpha value is -3.16. The number of unbranched alkanes of at least 4 members (excludes halogenated alkanes) is 2. The second-order valence-corrected chi connectivity index (χ2v) is 5.79. The highest BCUT2D eigenvalue weighted by Gasteiger charge is 2.14. The number of ketones is 1. The summed E-state index contributed by atoms with van der Waals surface area (Å²) in [5, 5.41) is 0. The molecule has 0 atom stereocenters. The minimum atomic E-state index is -0.312. The number of carbonyl (C=O) groups excluding carboxylic acids is 1. The average molecular weight is 341 g/mol. The molecule has 0 spiro atoms. The molecule has 0 aliphatic carbocycles. The van der Waals surface area contributed by atoms with Gasteiger partial charge in [0.1, 0.15) is 11.3 Å². The zero-order chi connectivity index (χ0) is 17.8. The van der Waals surface area contributed by atoms with Crippen LogP contribution in [0.15, 0.2) is 33.5 Å². The number of anilines is 2. The lowest BCUT2D eigenvalue weighted by Crippen LogP contribution is -2.19. The van der Waals surface area contributed by atoms with Crippen LogP contribution in [0.1, 0.15) is 41.9 Å². The number of hydrogen-bond acceptors (Lipinski definition) is 7. The van der Waals surface area contributed by atoms with Gasteiger partial charge in [-0.25, -0.2) is 4.98 Å². The number of aromatic nitrogens is 3. The zero-order valence-corrected chi connectivity index (χ0v) is 13.6. The third-order valence-electron chi connectivity index (χ3n) is 3.93. The van der Waals surface area contributed by atoms with Crippen LogP contribution in [0, 0.1) is 0 Å². The summed E-state index contributed by atoms with van der Waals surface area (Å²) in [6.07, 6.45) is 3.01. The van der Waals surface area contributed by atoms with Gasteiger partial charge in [0.25, 0.3) is 11.4 Å². The van der Waals surface area contributed by atoms with E-state index in [1.165, 1.54) is 0 Å². The lowest BCUT2D eigenvalue weighted by molar-refractivity contribution is 0.0947. The molecule has 1 aromatic carbocycles. The maximum atomic E-state index is 12.1. The molecule has 8 nitrogen and oxygen atoms in total. The Morgan fingerprint density at radius 2 is 1.92 bits per heavy atom. The van der Waals surface area contributed by atoms with Crippen LogP contribution in [0.2, 0.25) is 0 Å². The number of oxazole rings is 1. The number of nitrogen functional groups attached to an aromatic ring is 2. The molecule has 2 aromatic heterocycles. The highest BCUT2D eigenvalue weighted by atomic mass is 16.4. The molecule has 0 unspecified atom stereocenters. The van der Waals surface area contributed by atoms with Gasteiger partial charge in [-0.05, 0) is 31.4 Å². The zero-order valence-electron chi connectivity index (χ0n) is 13.6. The largest absolute Gasteiger partial charge is 0.434 e. The van der Waals surface area contributed by atoms with Gasteiger partial charge in [0.05, 0.1) is 5.56 Å². The molecule has 0 fully saturated rings. The van der Waals surface area contributed by atoms with E-state index in [1.807, 2.05) is 12.1 Å². The Kier molecular flexibility index (Phi) is 4.78. The van der Waals surface area contributed by atoms with Crippen LogP contribution in [0.25, 0.3) is 11.1 Å². The van der Waals surface area contributed by atoms with Crippen molar-refractivity contribution in [3.05, 3.63) is 46.1 Å². The van der Waals surface area contributed by atoms with E-state index in [0.717, 1.165) is 12.8 Å². The second-order valence-electron chi connectivity index (χ2n) is 5.79. The number of benzene rings is 1. The summed E-state index contributed by atoms with van der Waals surface area (Å²) in [6, 6.07) is 7.26. The topological polar surface area (TPSA) is 141 Å². The van der Waals surface area contributed by atoms with Gasteiger partial charge in [0, 0.05) is 6.42 Å². The maximum absolute atomic E-state index is 12.1. The van der Waals surface area contributed by atoms with Crippen molar-refractivity contribution in [1.29, 1.82) is 0 Å². The molecule has 8 heteroatoms. The summed E-state index contributed by atoms with van der Waals surface area (Å²) in [5.74, 6) is 0.186. The van der Waals surface area contributed by atoms with Crippen LogP contribution in [-0.2, 0) is 6.42 Å². The first-order chi connectivity index (χ1) is 12.0. The third-order valence-corrected chi connectivity index (χ3v) is 3.93. The van der Waals surface area contributed by atoms with E-state index in [-0.39, 0.29) is 29.0 Å². The van der Waals surface area contributed by atoms with Gasteiger partial charge in [-0.15, -0.1) is 0 Å². The first-order valence-corrected chi connectivity index (χ1v) is 8.07. The van der Waals surface area contributed by atoms with Crippen LogP contribution in [0.3, 0.4) is 0 Å². The predicted octanol–water partition coefficient (Wildman–Crippen LogP) is 2.06. The molecule has 0 amide bonds. The Bertz CT molecular complexity index is 927. The van der Waals surface area contributed by atoms with Gasteiger partial charge in [0.15, 0.2) is 5.58 Å². The van der Waals surface area contributed by atoms with Crippen LogP contribution < -0.4 is 17.0 Å². The molecule has 5 N–H and O–H groups in total. The van der Waals surface area contributed by atoms with Crippen molar-refractivity contribution in [3.8, 4) is 0 Å². The highest BCUT2D eigenvalue weighted by Crippen LogP contribution is 2.17. The third kappa shape index (κ3) is 3.85. The number of nitrogens with two attached hydrogens (primary N) is 2. The number of H-pyrrole nitrogens is 1. The smallest absolute Gasteiger partial charge is 0.264 e. The highest BCUT2D eigenvalue weighted by molar-refractivity contribution is 5.94. The summed E-state index contributed by atoms with van der Waals surface area (Å²) in [7, 11) is 0. The molecular formula is C17H19N5O3. The quantitative estimate of drug-likeness (QED) is 0.441. The van der Waals surface area contributed by atoms with Gasteiger partial charge in [-0.3, -0.25) is 14.6 Å². The molecule has 3 aromatic rings. The summed E-state index contributed by atoms with van der Waals surface area (Å²) >= 11 is 0. The first-order valence-electron chi connectivity index (χ1n) is 8.07. The lowest BCUT2D eigenvalue weighted by atomic mass is 10.1. The standard InChI is InChI=1S/C17H19N5O3/c18-14-10(15(24)22-17(19)21-14)6-2-1-3-8-12(23)16-20-11-7-4-5-9-13(11)25-16/h4-5,7,9H,1-3,6,8H2,(H5,18,19,21,22,24). The molecule has 0 aliphatic rings. The molecule has 0 saturated heterocycles. The fourth-order valence-electron chi connectivity index (χ4n) is 2.64. The fraction of sp³-hybridized carbons (Fsp3) is 0.294. The van der Waals surface area contributed by atoms with Crippen LogP contribution in [-0.4, -0.2) is 20.7 Å². The SMILES string of the molecule is Nc1nc(N)c(CCCCCC(=O)c2nc3ccccc3o2)c(=O)[nH]1. The molecule has 0 saturated carbocycles. The van der Waals surface area contributed by atoms with Crippen molar-refractivity contribution in [2.45, 2.75) is 32.1 Å². The van der Waals surface area contributed by atoms with Gasteiger partial charge < -0.3 is 15.9 Å². The summed E-state index contributed by atoms with van der Waals surface area (Å²) in [4.78, 5) is 34.4. The number of fused-ring (bicyclic) bond motifs is 1. The van der Waals surface area contributed by atoms with Crippen molar-refractivity contribution in [1.82, 2.24) is 15.0 Å². The van der Waals surface area contributed by atoms with Crippen molar-refractivity contribution in [2.75, 3.05) is 11.5 Å². The summed E-state index contributed by atoms with van der Waals surface area (Å²) < 4.78 is 5.46. The van der Waals surface area contributed by atoms with E-state index < -0.39 is 0 Å². The molecule has 3 rings (SSSR count). The van der Waals surface area contributed by atoms with Crippen molar-refractivity contribution in [2.24, 2.45) is 0 Å². The number of carbonyl (C=O) groups is 1. The predicted molar refractivity (Wildman–Crippen MR) is 94.2 cm³/mol. The number of para-hydroxylation sites is 2. The molecule has 130 valence electrons. The molecule has 2 heterocycles. The Morgan fingerprint density at radius 3 is 2.68 bits per heavy atom. The van der Waals surface area contributed by atoms with Crippen molar-refractivity contribution < 1.29 is 9.21 Å². The van der Waals surface area contributed by atoms with E-state index in [4.69, 9.17) is 15.9 Å². The number of aromatic amines is 1.